The number of hydrogen-bond acceptors (Lipinski definition) is 7. The highest BCUT2D eigenvalue weighted by molar-refractivity contribution is 7.89. The van der Waals surface area contributed by atoms with E-state index in [4.69, 9.17) is 0 Å². The average molecular weight is 518 g/mol. The van der Waals surface area contributed by atoms with Gasteiger partial charge in [-0.25, -0.2) is 8.42 Å². The molecule has 190 valence electrons. The number of aromatic nitrogens is 2. The lowest BCUT2D eigenvalue weighted by Gasteiger charge is -2.22. The molecule has 0 unspecified atom stereocenters. The van der Waals surface area contributed by atoms with E-state index in [2.05, 4.69) is 15.3 Å². The molecular formula is C27H27N5O4S. The molecule has 0 spiro atoms. The number of sulfonamides is 1. The number of nitro benzene ring substituents is 1. The fourth-order valence-corrected chi connectivity index (χ4v) is 5.46. The molecule has 0 atom stereocenters. The van der Waals surface area contributed by atoms with Crippen LogP contribution in [0.1, 0.15) is 22.5 Å². The van der Waals surface area contributed by atoms with Crippen molar-refractivity contribution in [3.8, 4) is 0 Å². The second kappa shape index (κ2) is 12.3. The second-order valence-corrected chi connectivity index (χ2v) is 10.3. The van der Waals surface area contributed by atoms with E-state index < -0.39 is 20.6 Å². The maximum absolute atomic E-state index is 13.7. The van der Waals surface area contributed by atoms with Crippen molar-refractivity contribution >= 4 is 15.7 Å². The van der Waals surface area contributed by atoms with Crippen LogP contribution in [-0.2, 0) is 36.1 Å². The summed E-state index contributed by atoms with van der Waals surface area (Å²) in [6.07, 6.45) is 4.16. The third-order valence-corrected chi connectivity index (χ3v) is 7.55. The fraction of sp³-hybridized carbons (Fsp3) is 0.185. The lowest BCUT2D eigenvalue weighted by atomic mass is 10.1. The van der Waals surface area contributed by atoms with Crippen molar-refractivity contribution < 1.29 is 13.3 Å². The molecule has 0 saturated carbocycles. The summed E-state index contributed by atoms with van der Waals surface area (Å²) < 4.78 is 28.6. The van der Waals surface area contributed by atoms with E-state index in [1.54, 1.807) is 30.6 Å². The molecule has 4 aromatic rings. The van der Waals surface area contributed by atoms with Gasteiger partial charge in [0.05, 0.1) is 17.2 Å². The number of hydrogen-bond donors (Lipinski definition) is 1. The molecule has 0 aliphatic carbocycles. The highest BCUT2D eigenvalue weighted by Gasteiger charge is 2.31. The van der Waals surface area contributed by atoms with Crippen LogP contribution in [-0.4, -0.2) is 34.2 Å². The van der Waals surface area contributed by atoms with E-state index in [9.17, 15) is 18.5 Å². The second-order valence-electron chi connectivity index (χ2n) is 8.39. The molecule has 2 heterocycles. The Bertz CT molecular complexity index is 1430. The summed E-state index contributed by atoms with van der Waals surface area (Å²) in [5.74, 6) is 0. The minimum absolute atomic E-state index is 0.0260. The molecule has 0 aliphatic rings. The molecule has 0 radical (unpaired) electrons. The van der Waals surface area contributed by atoms with Gasteiger partial charge in [0.25, 0.3) is 15.7 Å². The first kappa shape index (κ1) is 26.1. The fourth-order valence-electron chi connectivity index (χ4n) is 3.90. The highest BCUT2D eigenvalue weighted by Crippen LogP contribution is 2.28. The Morgan fingerprint density at radius 2 is 1.49 bits per heavy atom. The summed E-state index contributed by atoms with van der Waals surface area (Å²) in [7, 11) is -4.21. The van der Waals surface area contributed by atoms with Crippen molar-refractivity contribution in [2.24, 2.45) is 0 Å². The van der Waals surface area contributed by atoms with E-state index in [1.165, 1.54) is 28.6 Å². The van der Waals surface area contributed by atoms with Gasteiger partial charge in [-0.3, -0.25) is 20.1 Å². The maximum Gasteiger partial charge on any atom is 0.289 e. The van der Waals surface area contributed by atoms with Crippen LogP contribution < -0.4 is 5.32 Å². The van der Waals surface area contributed by atoms with Crippen LogP contribution in [0.25, 0.3) is 0 Å². The number of rotatable bonds is 12. The average Bonchev–Trinajstić information content (AvgIpc) is 2.92. The van der Waals surface area contributed by atoms with Crippen LogP contribution in [0.5, 0.6) is 0 Å². The normalized spacial score (nSPS) is 11.5. The molecule has 0 fully saturated rings. The number of nitro groups is 1. The lowest BCUT2D eigenvalue weighted by molar-refractivity contribution is -0.387. The molecule has 10 heteroatoms. The van der Waals surface area contributed by atoms with Crippen molar-refractivity contribution in [3.63, 3.8) is 0 Å². The largest absolute Gasteiger partial charge is 0.312 e. The number of nitrogens with zero attached hydrogens (tertiary/aromatic N) is 4. The number of para-hydroxylation sites is 1. The molecule has 0 amide bonds. The summed E-state index contributed by atoms with van der Waals surface area (Å²) in [5, 5.41) is 15.0. The van der Waals surface area contributed by atoms with Gasteiger partial charge in [-0.15, -0.1) is 0 Å². The number of pyridine rings is 2. The molecule has 1 N–H and O–H groups in total. The first-order valence-corrected chi connectivity index (χ1v) is 13.2. The Hall–Kier alpha value is -3.99. The Morgan fingerprint density at radius 1 is 0.811 bits per heavy atom. The molecule has 4 rings (SSSR count). The van der Waals surface area contributed by atoms with Crippen molar-refractivity contribution in [3.05, 3.63) is 130 Å². The van der Waals surface area contributed by atoms with E-state index in [1.807, 2.05) is 42.5 Å². The zero-order chi connectivity index (χ0) is 26.1. The smallest absolute Gasteiger partial charge is 0.289 e. The summed E-state index contributed by atoms with van der Waals surface area (Å²) in [6, 6.07) is 24.1. The molecule has 9 nitrogen and oxygen atoms in total. The zero-order valence-electron chi connectivity index (χ0n) is 20.1. The molecule has 0 aliphatic heterocycles. The van der Waals surface area contributed by atoms with Crippen molar-refractivity contribution in [1.82, 2.24) is 19.6 Å². The predicted molar refractivity (Wildman–Crippen MR) is 140 cm³/mol. The summed E-state index contributed by atoms with van der Waals surface area (Å²) in [6.45, 7) is 1.37. The van der Waals surface area contributed by atoms with Gasteiger partial charge in [0, 0.05) is 50.2 Å². The first-order chi connectivity index (χ1) is 17.9. The molecule has 37 heavy (non-hydrogen) atoms. The zero-order valence-corrected chi connectivity index (χ0v) is 20.9. The van der Waals surface area contributed by atoms with Gasteiger partial charge in [0.1, 0.15) is 0 Å². The lowest BCUT2D eigenvalue weighted by Crippen LogP contribution is -2.31. The van der Waals surface area contributed by atoms with Gasteiger partial charge in [-0.05, 0) is 41.5 Å². The SMILES string of the molecule is O=[N+]([O-])c1ccccc1S(=O)(=O)N(Cc1cccc(CNCCc2ccccn2)c1)Cc1ccccn1. The van der Waals surface area contributed by atoms with Gasteiger partial charge >= 0.3 is 0 Å². The van der Waals surface area contributed by atoms with E-state index in [0.717, 1.165) is 29.8 Å². The number of nitrogens with one attached hydrogen (secondary N) is 1. The van der Waals surface area contributed by atoms with Crippen molar-refractivity contribution in [2.75, 3.05) is 6.54 Å². The minimum atomic E-state index is -4.21. The summed E-state index contributed by atoms with van der Waals surface area (Å²) in [4.78, 5) is 19.1. The first-order valence-electron chi connectivity index (χ1n) is 11.8. The van der Waals surface area contributed by atoms with Crippen LogP contribution in [0.3, 0.4) is 0 Å². The minimum Gasteiger partial charge on any atom is -0.312 e. The highest BCUT2D eigenvalue weighted by atomic mass is 32.2. The quantitative estimate of drug-likeness (QED) is 0.171. The van der Waals surface area contributed by atoms with Crippen LogP contribution >= 0.6 is 0 Å². The molecule has 0 saturated heterocycles. The Balaban J connectivity index is 1.53. The Kier molecular flexibility index (Phi) is 8.68. The Morgan fingerprint density at radius 3 is 2.19 bits per heavy atom. The van der Waals surface area contributed by atoms with Crippen LogP contribution in [0, 0.1) is 10.1 Å². The molecule has 0 bridgehead atoms. The van der Waals surface area contributed by atoms with E-state index in [-0.39, 0.29) is 18.0 Å². The van der Waals surface area contributed by atoms with Crippen molar-refractivity contribution in [1.29, 1.82) is 0 Å². The van der Waals surface area contributed by atoms with Gasteiger partial charge in [0.15, 0.2) is 4.90 Å². The number of benzene rings is 2. The van der Waals surface area contributed by atoms with Crippen LogP contribution in [0.2, 0.25) is 0 Å². The maximum atomic E-state index is 13.7. The van der Waals surface area contributed by atoms with Crippen molar-refractivity contribution in [2.45, 2.75) is 31.0 Å². The molecule has 2 aromatic carbocycles. The standard InChI is InChI=1S/C27H27N5O4S/c33-32(34)26-12-1-2-13-27(26)37(35,36)31(21-25-11-4-6-16-30-25)20-23-9-7-8-22(18-23)19-28-17-14-24-10-3-5-15-29-24/h1-13,15-16,18,28H,14,17,19-21H2. The van der Waals surface area contributed by atoms with Gasteiger partial charge in [0.2, 0.25) is 0 Å². The molecule has 2 aromatic heterocycles. The third-order valence-electron chi connectivity index (χ3n) is 5.71. The van der Waals surface area contributed by atoms with Crippen LogP contribution in [0.15, 0.2) is 102 Å². The van der Waals surface area contributed by atoms with Gasteiger partial charge < -0.3 is 5.32 Å². The monoisotopic (exact) mass is 517 g/mol. The molecular weight excluding hydrogens is 490 g/mol. The van der Waals surface area contributed by atoms with Crippen LogP contribution in [0.4, 0.5) is 5.69 Å². The third kappa shape index (κ3) is 7.04. The van der Waals surface area contributed by atoms with Gasteiger partial charge in [-0.2, -0.15) is 4.31 Å². The van der Waals surface area contributed by atoms with Gasteiger partial charge in [-0.1, -0.05) is 48.5 Å². The summed E-state index contributed by atoms with van der Waals surface area (Å²) >= 11 is 0. The topological polar surface area (TPSA) is 118 Å². The Labute approximate surface area is 216 Å². The predicted octanol–water partition coefficient (Wildman–Crippen LogP) is 4.11. The van der Waals surface area contributed by atoms with E-state index in [0.29, 0.717) is 12.2 Å². The summed E-state index contributed by atoms with van der Waals surface area (Å²) in [5.41, 5.74) is 2.85. The van der Waals surface area contributed by atoms with E-state index >= 15 is 0 Å².